The molecule has 1 atom stereocenters. The van der Waals surface area contributed by atoms with Crippen LogP contribution in [0.5, 0.6) is 0 Å². The topological polar surface area (TPSA) is 86.7 Å². The van der Waals surface area contributed by atoms with Crippen molar-refractivity contribution >= 4 is 30.4 Å². The van der Waals surface area contributed by atoms with Crippen molar-refractivity contribution < 1.29 is 19.5 Å². The summed E-state index contributed by atoms with van der Waals surface area (Å²) >= 11 is 4.30. The van der Waals surface area contributed by atoms with Crippen LogP contribution in [0.2, 0.25) is 0 Å². The Bertz CT molecular complexity index is 515. The van der Waals surface area contributed by atoms with Gasteiger partial charge in [-0.3, -0.25) is 14.4 Å². The van der Waals surface area contributed by atoms with Crippen molar-refractivity contribution in [1.82, 2.24) is 10.2 Å². The van der Waals surface area contributed by atoms with Crippen LogP contribution in [0, 0.1) is 17.8 Å². The number of amides is 2. The summed E-state index contributed by atoms with van der Waals surface area (Å²) in [4.78, 5) is 37.5. The highest BCUT2D eigenvalue weighted by molar-refractivity contribution is 7.80. The molecule has 0 spiro atoms. The summed E-state index contributed by atoms with van der Waals surface area (Å²) < 4.78 is 0. The Labute approximate surface area is 147 Å². The summed E-state index contributed by atoms with van der Waals surface area (Å²) in [5.74, 6) is 0.541. The van der Waals surface area contributed by atoms with E-state index in [1.807, 2.05) is 0 Å². The lowest BCUT2D eigenvalue weighted by Gasteiger charge is -2.61. The number of carbonyl (C=O) groups is 3. The van der Waals surface area contributed by atoms with Gasteiger partial charge in [-0.05, 0) is 56.3 Å². The fraction of sp³-hybridized carbons (Fsp3) is 0.824. The lowest BCUT2D eigenvalue weighted by molar-refractivity contribution is -0.159. The summed E-state index contributed by atoms with van der Waals surface area (Å²) in [7, 11) is 0. The van der Waals surface area contributed by atoms with Gasteiger partial charge in [-0.25, -0.2) is 0 Å². The van der Waals surface area contributed by atoms with Crippen molar-refractivity contribution in [1.29, 1.82) is 0 Å². The van der Waals surface area contributed by atoms with Crippen molar-refractivity contribution in [3.63, 3.8) is 0 Å². The number of hydrogen-bond donors (Lipinski definition) is 3. The van der Waals surface area contributed by atoms with Crippen LogP contribution in [-0.2, 0) is 14.4 Å². The van der Waals surface area contributed by atoms with Crippen LogP contribution in [0.4, 0.5) is 0 Å². The molecule has 134 valence electrons. The number of carboxylic acids is 1. The van der Waals surface area contributed by atoms with Crippen LogP contribution in [0.1, 0.15) is 45.4 Å². The van der Waals surface area contributed by atoms with Gasteiger partial charge in [0.2, 0.25) is 11.8 Å². The Morgan fingerprint density at radius 3 is 2.04 bits per heavy atom. The molecule has 0 aromatic rings. The van der Waals surface area contributed by atoms with Gasteiger partial charge < -0.3 is 15.3 Å². The average Bonchev–Trinajstić information content (AvgIpc) is 2.47. The fourth-order valence-corrected chi connectivity index (χ4v) is 6.14. The van der Waals surface area contributed by atoms with E-state index in [-0.39, 0.29) is 17.2 Å². The molecule has 0 heterocycles. The summed E-state index contributed by atoms with van der Waals surface area (Å²) in [6.07, 6.45) is 6.66. The van der Waals surface area contributed by atoms with Crippen LogP contribution < -0.4 is 5.32 Å². The molecule has 6 nitrogen and oxygen atoms in total. The Morgan fingerprint density at radius 1 is 1.17 bits per heavy atom. The third kappa shape index (κ3) is 3.15. The number of aliphatic carboxylic acids is 1. The van der Waals surface area contributed by atoms with Crippen LogP contribution in [0.15, 0.2) is 0 Å². The SMILES string of the molecule is CC(=O)N([C@@H](CS)C(=O)NCC(=O)O)C12CC3CC(CC(C3)C1)C2. The minimum Gasteiger partial charge on any atom is -0.480 e. The van der Waals surface area contributed by atoms with Crippen LogP contribution in [-0.4, -0.2) is 51.7 Å². The number of nitrogens with zero attached hydrogens (tertiary/aromatic N) is 1. The van der Waals surface area contributed by atoms with E-state index in [0.29, 0.717) is 17.8 Å². The predicted molar refractivity (Wildman–Crippen MR) is 91.7 cm³/mol. The largest absolute Gasteiger partial charge is 0.480 e. The molecule has 4 saturated carbocycles. The highest BCUT2D eigenvalue weighted by atomic mass is 32.1. The fourth-order valence-electron chi connectivity index (χ4n) is 5.81. The molecule has 24 heavy (non-hydrogen) atoms. The lowest BCUT2D eigenvalue weighted by atomic mass is 9.52. The molecule has 2 amide bonds. The zero-order valence-electron chi connectivity index (χ0n) is 14.0. The molecule has 4 aliphatic carbocycles. The third-order valence-corrected chi connectivity index (χ3v) is 6.40. The first-order chi connectivity index (χ1) is 11.3. The molecule has 4 rings (SSSR count). The van der Waals surface area contributed by atoms with E-state index in [0.717, 1.165) is 19.3 Å². The minimum atomic E-state index is -1.09. The molecule has 0 aliphatic heterocycles. The maximum absolute atomic E-state index is 12.5. The smallest absolute Gasteiger partial charge is 0.322 e. The van der Waals surface area contributed by atoms with Crippen LogP contribution >= 0.6 is 12.6 Å². The highest BCUT2D eigenvalue weighted by Gasteiger charge is 2.56. The molecule has 4 aliphatic rings. The molecule has 7 heteroatoms. The third-order valence-electron chi connectivity index (χ3n) is 6.06. The molecule has 0 saturated heterocycles. The van der Waals surface area contributed by atoms with Gasteiger partial charge in [0.25, 0.3) is 0 Å². The Balaban J connectivity index is 1.84. The van der Waals surface area contributed by atoms with E-state index in [2.05, 4.69) is 17.9 Å². The second-order valence-corrected chi connectivity index (χ2v) is 8.21. The Hall–Kier alpha value is -1.24. The zero-order valence-corrected chi connectivity index (χ0v) is 14.9. The van der Waals surface area contributed by atoms with E-state index in [9.17, 15) is 14.4 Å². The van der Waals surface area contributed by atoms with Crippen molar-refractivity contribution in [3.8, 4) is 0 Å². The van der Waals surface area contributed by atoms with Crippen molar-refractivity contribution in [2.75, 3.05) is 12.3 Å². The van der Waals surface area contributed by atoms with E-state index in [1.165, 1.54) is 26.2 Å². The molecule has 4 bridgehead atoms. The number of carboxylic acid groups (broad SMARTS) is 1. The van der Waals surface area contributed by atoms with E-state index >= 15 is 0 Å². The van der Waals surface area contributed by atoms with Gasteiger partial charge >= 0.3 is 5.97 Å². The standard InChI is InChI=1S/C17H26N2O4S/c1-10(20)19(14(9-24)16(23)18-8-15(21)22)17-5-11-2-12(6-17)4-13(3-11)7-17/h11-14,24H,2-9H2,1H3,(H,18,23)(H,21,22)/t11?,12?,13?,14-,17?/m0/s1. The van der Waals surface area contributed by atoms with Crippen LogP contribution in [0.25, 0.3) is 0 Å². The van der Waals surface area contributed by atoms with Gasteiger partial charge in [0, 0.05) is 18.2 Å². The predicted octanol–water partition coefficient (Wildman–Crippen LogP) is 1.30. The number of nitrogens with one attached hydrogen (secondary N) is 1. The first kappa shape index (κ1) is 17.6. The monoisotopic (exact) mass is 354 g/mol. The maximum atomic E-state index is 12.5. The number of hydrogen-bond acceptors (Lipinski definition) is 4. The Morgan fingerprint density at radius 2 is 1.67 bits per heavy atom. The molecule has 0 aromatic heterocycles. The normalized spacial score (nSPS) is 34.7. The van der Waals surface area contributed by atoms with E-state index in [4.69, 9.17) is 5.11 Å². The molecule has 0 radical (unpaired) electrons. The number of carbonyl (C=O) groups excluding carboxylic acids is 2. The lowest BCUT2D eigenvalue weighted by Crippen LogP contribution is -2.66. The summed E-state index contributed by atoms with van der Waals surface area (Å²) in [5, 5.41) is 11.2. The summed E-state index contributed by atoms with van der Waals surface area (Å²) in [6.45, 7) is 1.08. The number of thiol groups is 1. The van der Waals surface area contributed by atoms with E-state index in [1.54, 1.807) is 4.90 Å². The van der Waals surface area contributed by atoms with Gasteiger partial charge in [0.1, 0.15) is 12.6 Å². The molecular weight excluding hydrogens is 328 g/mol. The average molecular weight is 354 g/mol. The first-order valence-corrected chi connectivity index (χ1v) is 9.38. The Kier molecular flexibility index (Phi) is 4.82. The highest BCUT2D eigenvalue weighted by Crippen LogP contribution is 2.58. The van der Waals surface area contributed by atoms with Crippen molar-refractivity contribution in [3.05, 3.63) is 0 Å². The van der Waals surface area contributed by atoms with Gasteiger partial charge in [-0.1, -0.05) is 0 Å². The van der Waals surface area contributed by atoms with Crippen LogP contribution in [0.3, 0.4) is 0 Å². The van der Waals surface area contributed by atoms with Gasteiger partial charge in [0.05, 0.1) is 0 Å². The van der Waals surface area contributed by atoms with Gasteiger partial charge in [0.15, 0.2) is 0 Å². The molecular formula is C17H26N2O4S. The molecule has 2 N–H and O–H groups in total. The van der Waals surface area contributed by atoms with E-state index < -0.39 is 24.5 Å². The van der Waals surface area contributed by atoms with Crippen molar-refractivity contribution in [2.24, 2.45) is 17.8 Å². The molecule has 0 aromatic carbocycles. The summed E-state index contributed by atoms with van der Waals surface area (Å²) in [5.41, 5.74) is -0.242. The second-order valence-electron chi connectivity index (χ2n) is 7.84. The summed E-state index contributed by atoms with van der Waals surface area (Å²) in [6, 6.07) is -0.707. The minimum absolute atomic E-state index is 0.110. The molecule has 0 unspecified atom stereocenters. The second kappa shape index (κ2) is 6.58. The quantitative estimate of drug-likeness (QED) is 0.628. The maximum Gasteiger partial charge on any atom is 0.322 e. The molecule has 4 fully saturated rings. The van der Waals surface area contributed by atoms with Gasteiger partial charge in [-0.15, -0.1) is 0 Å². The first-order valence-electron chi connectivity index (χ1n) is 8.75. The zero-order chi connectivity index (χ0) is 17.5. The number of rotatable bonds is 6. The van der Waals surface area contributed by atoms with Gasteiger partial charge in [-0.2, -0.15) is 12.6 Å². The van der Waals surface area contributed by atoms with Crippen molar-refractivity contribution in [2.45, 2.75) is 57.0 Å².